The molecule has 0 bridgehead atoms. The number of amides is 1. The molecule has 1 aromatic carbocycles. The highest BCUT2D eigenvalue weighted by Gasteiger charge is 2.18. The van der Waals surface area contributed by atoms with E-state index in [1.54, 1.807) is 0 Å². The number of carbonyl (C=O) groups is 1. The van der Waals surface area contributed by atoms with Gasteiger partial charge in [-0.25, -0.2) is 0 Å². The summed E-state index contributed by atoms with van der Waals surface area (Å²) >= 11 is 6.81. The standard InChI is InChI=1S/C12H14Br2N2O/c13-9-1-2-11(10(14)6-9)16-12(17)5-8-3-4-15-7-8/h1-2,6,8,15H,3-5,7H2,(H,16,17). The molecule has 0 saturated carbocycles. The summed E-state index contributed by atoms with van der Waals surface area (Å²) < 4.78 is 1.88. The highest BCUT2D eigenvalue weighted by atomic mass is 79.9. The molecule has 1 fully saturated rings. The van der Waals surface area contributed by atoms with Gasteiger partial charge in [-0.15, -0.1) is 0 Å². The Morgan fingerprint density at radius 2 is 2.29 bits per heavy atom. The molecule has 0 aromatic heterocycles. The van der Waals surface area contributed by atoms with Crippen LogP contribution < -0.4 is 10.6 Å². The van der Waals surface area contributed by atoms with E-state index in [0.29, 0.717) is 12.3 Å². The second-order valence-corrected chi connectivity index (χ2v) is 6.01. The van der Waals surface area contributed by atoms with Crippen molar-refractivity contribution in [2.45, 2.75) is 12.8 Å². The zero-order chi connectivity index (χ0) is 12.3. The Balaban J connectivity index is 1.93. The van der Waals surface area contributed by atoms with Crippen LogP contribution in [0.2, 0.25) is 0 Å². The fraction of sp³-hybridized carbons (Fsp3) is 0.417. The normalized spacial score (nSPS) is 19.3. The van der Waals surface area contributed by atoms with E-state index in [2.05, 4.69) is 42.5 Å². The molecular formula is C12H14Br2N2O. The van der Waals surface area contributed by atoms with Crippen molar-refractivity contribution in [3.05, 3.63) is 27.1 Å². The van der Waals surface area contributed by atoms with Crippen molar-refractivity contribution in [2.24, 2.45) is 5.92 Å². The molecule has 1 amide bonds. The zero-order valence-corrected chi connectivity index (χ0v) is 12.5. The summed E-state index contributed by atoms with van der Waals surface area (Å²) in [5.74, 6) is 0.561. The molecule has 2 N–H and O–H groups in total. The summed E-state index contributed by atoms with van der Waals surface area (Å²) in [6.45, 7) is 1.98. The number of benzene rings is 1. The second-order valence-electron chi connectivity index (χ2n) is 4.24. The lowest BCUT2D eigenvalue weighted by atomic mass is 10.0. The van der Waals surface area contributed by atoms with Crippen molar-refractivity contribution in [3.8, 4) is 0 Å². The molecular weight excluding hydrogens is 348 g/mol. The number of anilines is 1. The molecule has 2 rings (SSSR count). The summed E-state index contributed by atoms with van der Waals surface area (Å²) in [4.78, 5) is 11.8. The largest absolute Gasteiger partial charge is 0.325 e. The minimum Gasteiger partial charge on any atom is -0.325 e. The number of hydrogen-bond donors (Lipinski definition) is 2. The fourth-order valence-corrected chi connectivity index (χ4v) is 3.09. The Bertz CT molecular complexity index is 417. The van der Waals surface area contributed by atoms with Gasteiger partial charge < -0.3 is 10.6 Å². The van der Waals surface area contributed by atoms with Crippen LogP contribution in [0.1, 0.15) is 12.8 Å². The molecule has 92 valence electrons. The number of halogens is 2. The minimum absolute atomic E-state index is 0.0849. The maximum atomic E-state index is 11.8. The number of nitrogens with one attached hydrogen (secondary N) is 2. The van der Waals surface area contributed by atoms with Gasteiger partial charge in [-0.3, -0.25) is 4.79 Å². The zero-order valence-electron chi connectivity index (χ0n) is 9.30. The predicted octanol–water partition coefficient (Wildman–Crippen LogP) is 3.15. The van der Waals surface area contributed by atoms with Gasteiger partial charge in [0.05, 0.1) is 5.69 Å². The average Bonchev–Trinajstić information content (AvgIpc) is 2.75. The smallest absolute Gasteiger partial charge is 0.224 e. The van der Waals surface area contributed by atoms with E-state index in [9.17, 15) is 4.79 Å². The SMILES string of the molecule is O=C(CC1CCNC1)Nc1ccc(Br)cc1Br. The van der Waals surface area contributed by atoms with Crippen molar-refractivity contribution in [2.75, 3.05) is 18.4 Å². The minimum atomic E-state index is 0.0849. The van der Waals surface area contributed by atoms with E-state index >= 15 is 0 Å². The Morgan fingerprint density at radius 3 is 2.94 bits per heavy atom. The summed E-state index contributed by atoms with van der Waals surface area (Å²) in [7, 11) is 0. The van der Waals surface area contributed by atoms with Crippen molar-refractivity contribution in [1.82, 2.24) is 5.32 Å². The van der Waals surface area contributed by atoms with Crippen molar-refractivity contribution in [3.63, 3.8) is 0 Å². The van der Waals surface area contributed by atoms with E-state index in [1.165, 1.54) is 0 Å². The maximum Gasteiger partial charge on any atom is 0.224 e. The van der Waals surface area contributed by atoms with Crippen LogP contribution in [0.5, 0.6) is 0 Å². The Hall–Kier alpha value is -0.390. The van der Waals surface area contributed by atoms with Crippen LogP contribution in [-0.2, 0) is 4.79 Å². The Kier molecular flexibility index (Phi) is 4.59. The van der Waals surface area contributed by atoms with Crippen molar-refractivity contribution < 1.29 is 4.79 Å². The van der Waals surface area contributed by atoms with Crippen LogP contribution in [-0.4, -0.2) is 19.0 Å². The van der Waals surface area contributed by atoms with Gasteiger partial charge >= 0.3 is 0 Å². The van der Waals surface area contributed by atoms with Crippen LogP contribution >= 0.6 is 31.9 Å². The van der Waals surface area contributed by atoms with Crippen LogP contribution in [0.25, 0.3) is 0 Å². The summed E-state index contributed by atoms with van der Waals surface area (Å²) in [5, 5.41) is 6.19. The molecule has 0 aliphatic carbocycles. The molecule has 1 aromatic rings. The molecule has 1 aliphatic heterocycles. The highest BCUT2D eigenvalue weighted by molar-refractivity contribution is 9.11. The molecule has 0 radical (unpaired) electrons. The molecule has 17 heavy (non-hydrogen) atoms. The highest BCUT2D eigenvalue weighted by Crippen LogP contribution is 2.26. The van der Waals surface area contributed by atoms with Crippen LogP contribution in [0, 0.1) is 5.92 Å². The maximum absolute atomic E-state index is 11.8. The molecule has 3 nitrogen and oxygen atoms in total. The first-order valence-corrected chi connectivity index (χ1v) is 7.19. The van der Waals surface area contributed by atoms with Crippen molar-refractivity contribution >= 4 is 43.5 Å². The first-order valence-electron chi connectivity index (χ1n) is 5.61. The van der Waals surface area contributed by atoms with E-state index in [4.69, 9.17) is 0 Å². The predicted molar refractivity (Wildman–Crippen MR) is 76.1 cm³/mol. The van der Waals surface area contributed by atoms with Gasteiger partial charge in [0.15, 0.2) is 0 Å². The van der Waals surface area contributed by atoms with E-state index < -0.39 is 0 Å². The van der Waals surface area contributed by atoms with Gasteiger partial charge in [0.1, 0.15) is 0 Å². The first-order chi connectivity index (χ1) is 8.15. The first kappa shape index (κ1) is 13.1. The molecule has 1 unspecified atom stereocenters. The fourth-order valence-electron chi connectivity index (χ4n) is 1.94. The molecule has 1 saturated heterocycles. The summed E-state index contributed by atoms with van der Waals surface area (Å²) in [6, 6.07) is 5.73. The van der Waals surface area contributed by atoms with Gasteiger partial charge in [0, 0.05) is 15.4 Å². The van der Waals surface area contributed by atoms with Crippen LogP contribution in [0.3, 0.4) is 0 Å². The summed E-state index contributed by atoms with van der Waals surface area (Å²) in [5.41, 5.74) is 0.823. The number of rotatable bonds is 3. The third kappa shape index (κ3) is 3.79. The summed E-state index contributed by atoms with van der Waals surface area (Å²) in [6.07, 6.45) is 1.68. The Morgan fingerprint density at radius 1 is 1.47 bits per heavy atom. The molecule has 1 aliphatic rings. The lowest BCUT2D eigenvalue weighted by Gasteiger charge is -2.10. The van der Waals surface area contributed by atoms with Gasteiger partial charge in [-0.05, 0) is 59.6 Å². The topological polar surface area (TPSA) is 41.1 Å². The van der Waals surface area contributed by atoms with Gasteiger partial charge in [-0.1, -0.05) is 15.9 Å². The van der Waals surface area contributed by atoms with E-state index in [0.717, 1.165) is 34.1 Å². The average molecular weight is 362 g/mol. The third-order valence-corrected chi connectivity index (χ3v) is 3.99. The molecule has 1 atom stereocenters. The number of carbonyl (C=O) groups excluding carboxylic acids is 1. The molecule has 0 spiro atoms. The second kappa shape index (κ2) is 5.98. The van der Waals surface area contributed by atoms with E-state index in [-0.39, 0.29) is 5.91 Å². The quantitative estimate of drug-likeness (QED) is 0.868. The third-order valence-electron chi connectivity index (χ3n) is 2.84. The lowest BCUT2D eigenvalue weighted by Crippen LogP contribution is -2.18. The van der Waals surface area contributed by atoms with Crippen LogP contribution in [0.4, 0.5) is 5.69 Å². The lowest BCUT2D eigenvalue weighted by molar-refractivity contribution is -0.116. The van der Waals surface area contributed by atoms with Crippen molar-refractivity contribution in [1.29, 1.82) is 0 Å². The number of hydrogen-bond acceptors (Lipinski definition) is 2. The molecule has 5 heteroatoms. The van der Waals surface area contributed by atoms with E-state index in [1.807, 2.05) is 18.2 Å². The van der Waals surface area contributed by atoms with Gasteiger partial charge in [-0.2, -0.15) is 0 Å². The Labute approximate surface area is 118 Å². The monoisotopic (exact) mass is 360 g/mol. The van der Waals surface area contributed by atoms with Crippen LogP contribution in [0.15, 0.2) is 27.1 Å². The van der Waals surface area contributed by atoms with Gasteiger partial charge in [0.2, 0.25) is 5.91 Å². The molecule has 1 heterocycles. The van der Waals surface area contributed by atoms with Gasteiger partial charge in [0.25, 0.3) is 0 Å².